The molecule has 0 saturated carbocycles. The summed E-state index contributed by atoms with van der Waals surface area (Å²) in [6, 6.07) is 0. The fourth-order valence-electron chi connectivity index (χ4n) is 11.5. The highest BCUT2D eigenvalue weighted by Gasteiger charge is 2.30. The third kappa shape index (κ3) is 67.3. The Hall–Kier alpha value is -1.94. The Morgan fingerprint density at radius 3 is 0.755 bits per heavy atom. The average molecular weight is 1380 g/mol. The van der Waals surface area contributed by atoms with Crippen molar-refractivity contribution in [1.29, 1.82) is 0 Å². The van der Waals surface area contributed by atoms with Gasteiger partial charge in [0.1, 0.15) is 19.3 Å². The molecular weight excluding hydrogens is 1230 g/mol. The zero-order valence-electron chi connectivity index (χ0n) is 61.1. The lowest BCUT2D eigenvalue weighted by Gasteiger charge is -2.21. The van der Waals surface area contributed by atoms with Gasteiger partial charge in [-0.1, -0.05) is 343 Å². The molecule has 0 bridgehead atoms. The Morgan fingerprint density at radius 2 is 0.511 bits per heavy atom. The Kier molecular flexibility index (Phi) is 66.8. The van der Waals surface area contributed by atoms with E-state index < -0.39 is 97.5 Å². The second kappa shape index (κ2) is 68.2. The second-order valence-electron chi connectivity index (χ2n) is 27.3. The number of carbonyl (C=O) groups excluding carboxylic acids is 4. The number of hydrogen-bond acceptors (Lipinski definition) is 15. The minimum atomic E-state index is -4.95. The van der Waals surface area contributed by atoms with E-state index in [0.29, 0.717) is 25.7 Å². The highest BCUT2D eigenvalue weighted by Crippen LogP contribution is 2.45. The van der Waals surface area contributed by atoms with Crippen LogP contribution in [0.4, 0.5) is 0 Å². The standard InChI is InChI=1S/C75H146O17P2/c1-6-10-13-16-19-21-22-23-24-25-26-27-28-29-30-35-38-41-46-51-56-61-75(80)92-71(65-86-73(78)59-54-49-45-40-37-34-32-31-33-36-39-43-47-52-57-68(5)9-4)67-90-94(83,84)88-63-69(76)62-87-93(81,82)89-66-70(64-85-72(77)58-53-48-42-18-15-12-8-3)91-74(79)60-55-50-44-20-17-14-11-7-2/h68-71,76H,6-67H2,1-5H3,(H,81,82)(H,83,84)/t68?,69-,70+,71+/m0/s1. The zero-order chi connectivity index (χ0) is 69.1. The molecular formula is C75H146O17P2. The van der Waals surface area contributed by atoms with Gasteiger partial charge in [0, 0.05) is 25.7 Å². The van der Waals surface area contributed by atoms with E-state index in [2.05, 4.69) is 34.6 Å². The van der Waals surface area contributed by atoms with Gasteiger partial charge in [-0.3, -0.25) is 37.3 Å². The first kappa shape index (κ1) is 92.1. The summed E-state index contributed by atoms with van der Waals surface area (Å²) in [6.07, 6.45) is 57.2. The van der Waals surface area contributed by atoms with Crippen LogP contribution in [0, 0.1) is 5.92 Å². The van der Waals surface area contributed by atoms with E-state index in [4.69, 9.17) is 37.0 Å². The predicted molar refractivity (Wildman–Crippen MR) is 382 cm³/mol. The van der Waals surface area contributed by atoms with Crippen molar-refractivity contribution in [2.24, 2.45) is 5.92 Å². The van der Waals surface area contributed by atoms with Gasteiger partial charge in [0.05, 0.1) is 26.4 Å². The van der Waals surface area contributed by atoms with Crippen LogP contribution in [0.25, 0.3) is 0 Å². The van der Waals surface area contributed by atoms with Gasteiger partial charge in [-0.05, 0) is 31.6 Å². The van der Waals surface area contributed by atoms with Crippen LogP contribution in [0.2, 0.25) is 0 Å². The molecule has 0 heterocycles. The number of phosphoric ester groups is 2. The highest BCUT2D eigenvalue weighted by atomic mass is 31.2. The van der Waals surface area contributed by atoms with Gasteiger partial charge in [-0.2, -0.15) is 0 Å². The lowest BCUT2D eigenvalue weighted by molar-refractivity contribution is -0.161. The summed E-state index contributed by atoms with van der Waals surface area (Å²) >= 11 is 0. The Bertz CT molecular complexity index is 1810. The van der Waals surface area contributed by atoms with E-state index in [1.807, 2.05) is 0 Å². The summed E-state index contributed by atoms with van der Waals surface area (Å²) in [6.45, 7) is 7.26. The van der Waals surface area contributed by atoms with E-state index in [0.717, 1.165) is 115 Å². The maximum atomic E-state index is 13.1. The summed E-state index contributed by atoms with van der Waals surface area (Å²) in [4.78, 5) is 72.5. The Labute approximate surface area is 575 Å². The monoisotopic (exact) mass is 1380 g/mol. The number of unbranched alkanes of at least 4 members (excludes halogenated alkanes) is 46. The molecule has 0 aromatic heterocycles. The van der Waals surface area contributed by atoms with Crippen molar-refractivity contribution in [3.63, 3.8) is 0 Å². The molecule has 0 aliphatic carbocycles. The number of hydrogen-bond donors (Lipinski definition) is 3. The minimum absolute atomic E-state index is 0.105. The van der Waals surface area contributed by atoms with Gasteiger partial charge in [-0.25, -0.2) is 9.13 Å². The molecule has 94 heavy (non-hydrogen) atoms. The van der Waals surface area contributed by atoms with E-state index in [1.165, 1.54) is 199 Å². The molecule has 0 aliphatic rings. The van der Waals surface area contributed by atoms with Crippen LogP contribution in [-0.2, 0) is 65.4 Å². The molecule has 0 fully saturated rings. The van der Waals surface area contributed by atoms with Crippen LogP contribution in [-0.4, -0.2) is 96.7 Å². The number of rotatable bonds is 75. The van der Waals surface area contributed by atoms with Crippen molar-refractivity contribution in [2.45, 2.75) is 412 Å². The normalized spacial score (nSPS) is 14.3. The topological polar surface area (TPSA) is 237 Å². The minimum Gasteiger partial charge on any atom is -0.462 e. The number of aliphatic hydroxyl groups excluding tert-OH is 1. The number of phosphoric acid groups is 2. The molecule has 0 amide bonds. The van der Waals surface area contributed by atoms with Crippen LogP contribution in [0.1, 0.15) is 394 Å². The van der Waals surface area contributed by atoms with Gasteiger partial charge in [0.2, 0.25) is 0 Å². The van der Waals surface area contributed by atoms with Crippen molar-refractivity contribution >= 4 is 39.5 Å². The van der Waals surface area contributed by atoms with Gasteiger partial charge in [0.25, 0.3) is 0 Å². The molecule has 0 aliphatic heterocycles. The highest BCUT2D eigenvalue weighted by molar-refractivity contribution is 7.47. The number of carbonyl (C=O) groups is 4. The van der Waals surface area contributed by atoms with Crippen LogP contribution < -0.4 is 0 Å². The summed E-state index contributed by atoms with van der Waals surface area (Å²) in [7, 11) is -9.90. The van der Waals surface area contributed by atoms with Crippen molar-refractivity contribution in [3.8, 4) is 0 Å². The molecule has 558 valence electrons. The summed E-state index contributed by atoms with van der Waals surface area (Å²) in [5.41, 5.74) is 0. The molecule has 3 unspecified atom stereocenters. The molecule has 17 nitrogen and oxygen atoms in total. The van der Waals surface area contributed by atoms with Crippen LogP contribution in [0.3, 0.4) is 0 Å². The third-order valence-corrected chi connectivity index (χ3v) is 19.8. The summed E-state index contributed by atoms with van der Waals surface area (Å²) in [5, 5.41) is 10.6. The molecule has 3 N–H and O–H groups in total. The Balaban J connectivity index is 5.13. The third-order valence-electron chi connectivity index (χ3n) is 17.9. The van der Waals surface area contributed by atoms with Gasteiger partial charge in [-0.15, -0.1) is 0 Å². The molecule has 0 radical (unpaired) electrons. The molecule has 6 atom stereocenters. The fraction of sp³-hybridized carbons (Fsp3) is 0.947. The maximum Gasteiger partial charge on any atom is 0.472 e. The fourth-order valence-corrected chi connectivity index (χ4v) is 13.1. The molecule has 0 aromatic carbocycles. The quantitative estimate of drug-likeness (QED) is 0.0222. The molecule has 0 saturated heterocycles. The van der Waals surface area contributed by atoms with Gasteiger partial charge < -0.3 is 33.8 Å². The van der Waals surface area contributed by atoms with E-state index in [-0.39, 0.29) is 25.7 Å². The van der Waals surface area contributed by atoms with Crippen molar-refractivity contribution in [2.75, 3.05) is 39.6 Å². The van der Waals surface area contributed by atoms with Crippen LogP contribution in [0.15, 0.2) is 0 Å². The first-order chi connectivity index (χ1) is 45.6. The SMILES string of the molecule is CCCCCCCCCCCCCCCCCCCCCCCC(=O)O[C@H](COC(=O)CCCCCCCCCCCCCCCCC(C)CC)COP(=O)(O)OC[C@@H](O)COP(=O)(O)OC[C@@H](COC(=O)CCCCCCCCC)OC(=O)CCCCCCCCCC. The lowest BCUT2D eigenvalue weighted by Crippen LogP contribution is -2.30. The first-order valence-electron chi connectivity index (χ1n) is 39.2. The maximum absolute atomic E-state index is 13.1. The number of esters is 4. The zero-order valence-corrected chi connectivity index (χ0v) is 62.9. The van der Waals surface area contributed by atoms with E-state index in [9.17, 15) is 43.2 Å². The second-order valence-corrected chi connectivity index (χ2v) is 30.2. The van der Waals surface area contributed by atoms with E-state index in [1.54, 1.807) is 0 Å². The first-order valence-corrected chi connectivity index (χ1v) is 42.2. The van der Waals surface area contributed by atoms with Crippen LogP contribution in [0.5, 0.6) is 0 Å². The Morgan fingerprint density at radius 1 is 0.298 bits per heavy atom. The van der Waals surface area contributed by atoms with Crippen molar-refractivity contribution < 1.29 is 80.2 Å². The van der Waals surface area contributed by atoms with Gasteiger partial charge >= 0.3 is 39.5 Å². The van der Waals surface area contributed by atoms with E-state index >= 15 is 0 Å². The van der Waals surface area contributed by atoms with Gasteiger partial charge in [0.15, 0.2) is 12.2 Å². The van der Waals surface area contributed by atoms with Crippen LogP contribution >= 0.6 is 15.6 Å². The average Bonchev–Trinajstić information content (AvgIpc) is 1.52. The predicted octanol–water partition coefficient (Wildman–Crippen LogP) is 22.1. The number of ether oxygens (including phenoxy) is 4. The lowest BCUT2D eigenvalue weighted by atomic mass is 9.99. The molecule has 19 heteroatoms. The largest absolute Gasteiger partial charge is 0.472 e. The summed E-state index contributed by atoms with van der Waals surface area (Å²) < 4.78 is 68.2. The molecule has 0 rings (SSSR count). The van der Waals surface area contributed by atoms with Crippen molar-refractivity contribution in [3.05, 3.63) is 0 Å². The van der Waals surface area contributed by atoms with Crippen molar-refractivity contribution in [1.82, 2.24) is 0 Å². The summed E-state index contributed by atoms with van der Waals surface area (Å²) in [5.74, 6) is -1.27. The molecule has 0 aromatic rings. The molecule has 0 spiro atoms. The smallest absolute Gasteiger partial charge is 0.462 e. The number of aliphatic hydroxyl groups is 1.